The van der Waals surface area contributed by atoms with Crippen molar-refractivity contribution < 1.29 is 9.53 Å². The molecule has 1 amide bonds. The molecule has 0 aliphatic rings. The normalized spacial score (nSPS) is 10.8. The lowest BCUT2D eigenvalue weighted by Gasteiger charge is -2.03. The van der Waals surface area contributed by atoms with Crippen molar-refractivity contribution in [3.63, 3.8) is 0 Å². The van der Waals surface area contributed by atoms with Crippen LogP contribution in [0, 0.1) is 6.92 Å². The van der Waals surface area contributed by atoms with Crippen LogP contribution in [0.4, 0.5) is 5.13 Å². The van der Waals surface area contributed by atoms with Gasteiger partial charge in [-0.15, -0.1) is 0 Å². The number of aromatic nitrogens is 1. The van der Waals surface area contributed by atoms with Gasteiger partial charge in [-0.25, -0.2) is 4.98 Å². The predicted octanol–water partition coefficient (Wildman–Crippen LogP) is 5.17. The Bertz CT molecular complexity index is 888. The van der Waals surface area contributed by atoms with Gasteiger partial charge in [0.05, 0.1) is 11.8 Å². The second-order valence-electron chi connectivity index (χ2n) is 4.89. The molecule has 0 unspecified atom stereocenters. The minimum absolute atomic E-state index is 0.315. The average molecular weight is 367 g/mol. The second kappa shape index (κ2) is 6.35. The monoisotopic (exact) mass is 366 g/mol. The van der Waals surface area contributed by atoms with Gasteiger partial charge in [0.15, 0.2) is 5.13 Å². The molecule has 0 fully saturated rings. The Kier molecular flexibility index (Phi) is 4.43. The van der Waals surface area contributed by atoms with E-state index >= 15 is 0 Å². The van der Waals surface area contributed by atoms with E-state index in [9.17, 15) is 4.79 Å². The molecule has 0 saturated carbocycles. The van der Waals surface area contributed by atoms with Crippen LogP contribution in [-0.2, 0) is 0 Å². The Morgan fingerprint density at radius 2 is 1.91 bits per heavy atom. The number of anilines is 1. The standard InChI is InChI=1S/C16H12Cl2N2O2S/c1-8-3-4-12(22-2)13-14(8)23-16(19-13)20-15(21)9-5-10(17)7-11(18)6-9/h3-7H,1-2H3,(H,19,20,21). The highest BCUT2D eigenvalue weighted by atomic mass is 35.5. The summed E-state index contributed by atoms with van der Waals surface area (Å²) in [5.74, 6) is 0.359. The van der Waals surface area contributed by atoms with E-state index in [0.717, 1.165) is 15.8 Å². The topological polar surface area (TPSA) is 51.2 Å². The molecule has 0 aliphatic heterocycles. The second-order valence-corrected chi connectivity index (χ2v) is 6.77. The fourth-order valence-corrected chi connectivity index (χ4v) is 3.65. The summed E-state index contributed by atoms with van der Waals surface area (Å²) in [6.07, 6.45) is 0. The van der Waals surface area contributed by atoms with E-state index in [-0.39, 0.29) is 5.91 Å². The third-order valence-electron chi connectivity index (χ3n) is 3.27. The highest BCUT2D eigenvalue weighted by Gasteiger charge is 2.14. The van der Waals surface area contributed by atoms with Crippen molar-refractivity contribution in [2.45, 2.75) is 6.92 Å². The molecule has 1 heterocycles. The third-order valence-corrected chi connectivity index (χ3v) is 4.81. The molecule has 0 aliphatic carbocycles. The molecule has 0 atom stereocenters. The number of fused-ring (bicyclic) bond motifs is 1. The van der Waals surface area contributed by atoms with E-state index in [4.69, 9.17) is 27.9 Å². The van der Waals surface area contributed by atoms with Crippen molar-refractivity contribution in [2.24, 2.45) is 0 Å². The van der Waals surface area contributed by atoms with Crippen molar-refractivity contribution in [1.29, 1.82) is 0 Å². The lowest BCUT2D eigenvalue weighted by atomic mass is 10.2. The number of methoxy groups -OCH3 is 1. The quantitative estimate of drug-likeness (QED) is 0.695. The van der Waals surface area contributed by atoms with Crippen molar-refractivity contribution in [3.8, 4) is 5.75 Å². The van der Waals surface area contributed by atoms with Gasteiger partial charge in [0.25, 0.3) is 5.91 Å². The fraction of sp³-hybridized carbons (Fsp3) is 0.125. The van der Waals surface area contributed by atoms with Gasteiger partial charge in [0.1, 0.15) is 11.3 Å². The number of rotatable bonds is 3. The van der Waals surface area contributed by atoms with E-state index < -0.39 is 0 Å². The first-order chi connectivity index (χ1) is 11.0. The molecular weight excluding hydrogens is 355 g/mol. The van der Waals surface area contributed by atoms with Gasteiger partial charge in [-0.2, -0.15) is 0 Å². The Balaban J connectivity index is 1.95. The van der Waals surface area contributed by atoms with Crippen LogP contribution in [0.1, 0.15) is 15.9 Å². The average Bonchev–Trinajstić information content (AvgIpc) is 2.91. The van der Waals surface area contributed by atoms with Gasteiger partial charge in [-0.3, -0.25) is 10.1 Å². The molecule has 0 saturated heterocycles. The number of halogens is 2. The molecule has 0 bridgehead atoms. The summed E-state index contributed by atoms with van der Waals surface area (Å²) in [4.78, 5) is 16.8. The van der Waals surface area contributed by atoms with E-state index in [0.29, 0.717) is 26.5 Å². The summed E-state index contributed by atoms with van der Waals surface area (Å²) in [6.45, 7) is 1.99. The minimum atomic E-state index is -0.315. The van der Waals surface area contributed by atoms with Crippen molar-refractivity contribution in [2.75, 3.05) is 12.4 Å². The maximum absolute atomic E-state index is 12.3. The van der Waals surface area contributed by atoms with Gasteiger partial charge in [-0.05, 0) is 36.8 Å². The van der Waals surface area contributed by atoms with Crippen molar-refractivity contribution >= 4 is 55.8 Å². The maximum atomic E-state index is 12.3. The highest BCUT2D eigenvalue weighted by molar-refractivity contribution is 7.22. The summed E-state index contributed by atoms with van der Waals surface area (Å²) in [6, 6.07) is 8.51. The van der Waals surface area contributed by atoms with E-state index in [1.165, 1.54) is 11.3 Å². The number of hydrogen-bond donors (Lipinski definition) is 1. The molecule has 2 aromatic carbocycles. The van der Waals surface area contributed by atoms with Gasteiger partial charge >= 0.3 is 0 Å². The molecule has 3 aromatic rings. The van der Waals surface area contributed by atoms with Crippen LogP contribution in [0.25, 0.3) is 10.2 Å². The van der Waals surface area contributed by atoms with E-state index in [1.807, 2.05) is 19.1 Å². The summed E-state index contributed by atoms with van der Waals surface area (Å²) in [5.41, 5.74) is 2.19. The Labute approximate surface area is 147 Å². The number of hydrogen-bond acceptors (Lipinski definition) is 4. The van der Waals surface area contributed by atoms with Crippen LogP contribution in [0.3, 0.4) is 0 Å². The molecule has 23 heavy (non-hydrogen) atoms. The van der Waals surface area contributed by atoms with Gasteiger partial charge in [-0.1, -0.05) is 40.6 Å². The fourth-order valence-electron chi connectivity index (χ4n) is 2.18. The van der Waals surface area contributed by atoms with Gasteiger partial charge in [0, 0.05) is 15.6 Å². The zero-order chi connectivity index (χ0) is 16.6. The Hall–Kier alpha value is -1.82. The summed E-state index contributed by atoms with van der Waals surface area (Å²) < 4.78 is 6.29. The lowest BCUT2D eigenvalue weighted by Crippen LogP contribution is -2.11. The summed E-state index contributed by atoms with van der Waals surface area (Å²) in [7, 11) is 1.59. The number of nitrogens with zero attached hydrogens (tertiary/aromatic N) is 1. The van der Waals surface area contributed by atoms with Crippen molar-refractivity contribution in [1.82, 2.24) is 4.98 Å². The van der Waals surface area contributed by atoms with Crippen LogP contribution in [-0.4, -0.2) is 18.0 Å². The lowest BCUT2D eigenvalue weighted by molar-refractivity contribution is 0.102. The first-order valence-corrected chi connectivity index (χ1v) is 8.27. The number of benzene rings is 2. The van der Waals surface area contributed by atoms with Crippen LogP contribution in [0.5, 0.6) is 5.75 Å². The third kappa shape index (κ3) is 3.27. The van der Waals surface area contributed by atoms with Crippen molar-refractivity contribution in [3.05, 3.63) is 51.5 Å². The van der Waals surface area contributed by atoms with Crippen LogP contribution >= 0.6 is 34.5 Å². The number of aryl methyl sites for hydroxylation is 1. The van der Waals surface area contributed by atoms with Crippen LogP contribution in [0.2, 0.25) is 10.0 Å². The number of carbonyl (C=O) groups is 1. The molecule has 1 aromatic heterocycles. The zero-order valence-electron chi connectivity index (χ0n) is 12.3. The zero-order valence-corrected chi connectivity index (χ0v) is 14.6. The molecule has 7 heteroatoms. The highest BCUT2D eigenvalue weighted by Crippen LogP contribution is 2.35. The Morgan fingerprint density at radius 1 is 1.22 bits per heavy atom. The largest absolute Gasteiger partial charge is 0.494 e. The molecule has 0 spiro atoms. The number of ether oxygens (including phenoxy) is 1. The molecule has 0 radical (unpaired) electrons. The summed E-state index contributed by atoms with van der Waals surface area (Å²) >= 11 is 13.3. The van der Waals surface area contributed by atoms with Gasteiger partial charge in [0.2, 0.25) is 0 Å². The number of thiazole rings is 1. The Morgan fingerprint density at radius 3 is 2.57 bits per heavy atom. The minimum Gasteiger partial charge on any atom is -0.494 e. The van der Waals surface area contributed by atoms with E-state index in [1.54, 1.807) is 25.3 Å². The number of amides is 1. The molecule has 3 rings (SSSR count). The van der Waals surface area contributed by atoms with Gasteiger partial charge < -0.3 is 4.74 Å². The first-order valence-electron chi connectivity index (χ1n) is 6.69. The molecular formula is C16H12Cl2N2O2S. The first kappa shape index (κ1) is 16.1. The number of nitrogens with one attached hydrogen (secondary N) is 1. The molecule has 4 nitrogen and oxygen atoms in total. The van der Waals surface area contributed by atoms with Crippen LogP contribution < -0.4 is 10.1 Å². The van der Waals surface area contributed by atoms with E-state index in [2.05, 4.69) is 10.3 Å². The molecule has 1 N–H and O–H groups in total. The summed E-state index contributed by atoms with van der Waals surface area (Å²) in [5, 5.41) is 4.08. The molecule has 118 valence electrons. The predicted molar refractivity (Wildman–Crippen MR) is 95.3 cm³/mol. The smallest absolute Gasteiger partial charge is 0.257 e. The maximum Gasteiger partial charge on any atom is 0.257 e. The van der Waals surface area contributed by atoms with Crippen LogP contribution in [0.15, 0.2) is 30.3 Å². The SMILES string of the molecule is COc1ccc(C)c2sc(NC(=O)c3cc(Cl)cc(Cl)c3)nc12. The number of carbonyl (C=O) groups excluding carboxylic acids is 1.